The molecule has 2 heterocycles. The van der Waals surface area contributed by atoms with Gasteiger partial charge in [-0.2, -0.15) is 0 Å². The van der Waals surface area contributed by atoms with E-state index in [-0.39, 0.29) is 6.42 Å². The highest BCUT2D eigenvalue weighted by Crippen LogP contribution is 2.32. The highest BCUT2D eigenvalue weighted by atomic mass is 127. The summed E-state index contributed by atoms with van der Waals surface area (Å²) < 4.78 is 18.9. The van der Waals surface area contributed by atoms with Crippen LogP contribution in [0.2, 0.25) is 0 Å². The number of hydrogen-bond acceptors (Lipinski definition) is 4. The number of H-pyrrole nitrogens is 1. The third-order valence-corrected chi connectivity index (χ3v) is 3.24. The first-order valence-electron chi connectivity index (χ1n) is 4.92. The Hall–Kier alpha value is -0.740. The molecule has 94 valence electrons. The first-order valence-corrected chi connectivity index (χ1v) is 6.17. The van der Waals surface area contributed by atoms with E-state index in [1.165, 1.54) is 6.20 Å². The van der Waals surface area contributed by atoms with Crippen molar-refractivity contribution in [2.24, 2.45) is 0 Å². The molecule has 2 rings (SSSR count). The van der Waals surface area contributed by atoms with Crippen LogP contribution < -0.4 is 11.2 Å². The average Bonchev–Trinajstić information content (AvgIpc) is 2.60. The summed E-state index contributed by atoms with van der Waals surface area (Å²) in [5.74, 6) is 0. The summed E-state index contributed by atoms with van der Waals surface area (Å²) in [6.45, 7) is 0. The van der Waals surface area contributed by atoms with Crippen LogP contribution in [0.5, 0.6) is 0 Å². The van der Waals surface area contributed by atoms with Crippen LogP contribution >= 0.6 is 22.6 Å². The zero-order valence-corrected chi connectivity index (χ0v) is 10.7. The lowest BCUT2D eigenvalue weighted by molar-refractivity contribution is -0.0413. The van der Waals surface area contributed by atoms with Gasteiger partial charge in [0.25, 0.3) is 5.56 Å². The van der Waals surface area contributed by atoms with Crippen molar-refractivity contribution in [1.82, 2.24) is 9.55 Å². The summed E-state index contributed by atoms with van der Waals surface area (Å²) in [5.41, 5.74) is -1.18. The molecule has 6 nitrogen and oxygen atoms in total. The maximum absolute atomic E-state index is 13.5. The molecule has 0 aliphatic carbocycles. The lowest BCUT2D eigenvalue weighted by atomic mass is 10.2. The lowest BCUT2D eigenvalue weighted by Crippen LogP contribution is -2.32. The minimum Gasteiger partial charge on any atom is -0.380 e. The molecule has 17 heavy (non-hydrogen) atoms. The van der Waals surface area contributed by atoms with E-state index in [2.05, 4.69) is 4.98 Å². The van der Waals surface area contributed by atoms with Gasteiger partial charge >= 0.3 is 5.69 Å². The first-order chi connectivity index (χ1) is 7.99. The molecule has 1 saturated heterocycles. The average molecular weight is 356 g/mol. The van der Waals surface area contributed by atoms with Crippen LogP contribution in [0, 0.1) is 0 Å². The van der Waals surface area contributed by atoms with Crippen molar-refractivity contribution in [2.75, 3.05) is 0 Å². The molecule has 0 aromatic carbocycles. The van der Waals surface area contributed by atoms with Gasteiger partial charge in [-0.15, -0.1) is 0 Å². The minimum absolute atomic E-state index is 0.0311. The van der Waals surface area contributed by atoms with Crippen molar-refractivity contribution in [1.29, 1.82) is 0 Å². The SMILES string of the molecule is O=c1ccn([C@H]2C[C@H](F)[C@@H]([C@@H](O)I)O2)c(=O)[nH]1. The Labute approximate surface area is 109 Å². The number of aliphatic hydroxyl groups excluding tert-OH is 1. The fourth-order valence-corrected chi connectivity index (χ4v) is 2.34. The van der Waals surface area contributed by atoms with E-state index in [1.807, 2.05) is 0 Å². The summed E-state index contributed by atoms with van der Waals surface area (Å²) in [7, 11) is 0. The molecule has 1 fully saturated rings. The monoisotopic (exact) mass is 356 g/mol. The number of aromatic amines is 1. The van der Waals surface area contributed by atoms with E-state index in [4.69, 9.17) is 4.74 Å². The van der Waals surface area contributed by atoms with E-state index < -0.39 is 33.9 Å². The van der Waals surface area contributed by atoms with E-state index in [9.17, 15) is 19.1 Å². The topological polar surface area (TPSA) is 84.3 Å². The maximum atomic E-state index is 13.5. The molecule has 1 aliphatic rings. The van der Waals surface area contributed by atoms with Gasteiger partial charge < -0.3 is 9.84 Å². The maximum Gasteiger partial charge on any atom is 0.330 e. The van der Waals surface area contributed by atoms with Crippen LogP contribution in [0.1, 0.15) is 12.6 Å². The molecule has 4 atom stereocenters. The van der Waals surface area contributed by atoms with Crippen molar-refractivity contribution >= 4 is 22.6 Å². The van der Waals surface area contributed by atoms with Crippen molar-refractivity contribution in [3.63, 3.8) is 0 Å². The number of alkyl halides is 2. The fourth-order valence-electron chi connectivity index (χ4n) is 1.72. The Balaban J connectivity index is 2.26. The molecule has 0 saturated carbocycles. The highest BCUT2D eigenvalue weighted by molar-refractivity contribution is 14.1. The van der Waals surface area contributed by atoms with Crippen molar-refractivity contribution in [3.8, 4) is 0 Å². The number of halogens is 2. The third-order valence-electron chi connectivity index (χ3n) is 2.53. The molecular weight excluding hydrogens is 346 g/mol. The number of hydrogen-bond donors (Lipinski definition) is 2. The van der Waals surface area contributed by atoms with Crippen molar-refractivity contribution < 1.29 is 14.2 Å². The van der Waals surface area contributed by atoms with Crippen LogP contribution in [0.4, 0.5) is 4.39 Å². The first kappa shape index (κ1) is 12.7. The van der Waals surface area contributed by atoms with Crippen LogP contribution in [-0.2, 0) is 4.74 Å². The van der Waals surface area contributed by atoms with Gasteiger partial charge in [-0.1, -0.05) is 0 Å². The Morgan fingerprint density at radius 2 is 2.35 bits per heavy atom. The van der Waals surface area contributed by atoms with E-state index in [1.54, 1.807) is 22.6 Å². The molecule has 8 heteroatoms. The lowest BCUT2D eigenvalue weighted by Gasteiger charge is -2.16. The number of ether oxygens (including phenoxy) is 1. The highest BCUT2D eigenvalue weighted by Gasteiger charge is 2.40. The number of aliphatic hydroxyl groups is 1. The van der Waals surface area contributed by atoms with Gasteiger partial charge in [-0.05, 0) is 22.6 Å². The van der Waals surface area contributed by atoms with Gasteiger partial charge in [-0.25, -0.2) is 9.18 Å². The molecule has 1 aromatic heterocycles. The zero-order valence-electron chi connectivity index (χ0n) is 8.55. The molecule has 2 N–H and O–H groups in total. The second-order valence-electron chi connectivity index (χ2n) is 3.70. The standard InChI is InChI=1S/C9H10FIN2O4/c10-4-3-6(17-7(4)8(11)15)13-2-1-5(14)12-9(13)16/h1-2,4,6-8,15H,3H2,(H,12,14,16)/t4-,6+,7-,8+/m0/s1. The Morgan fingerprint density at radius 1 is 1.65 bits per heavy atom. The molecule has 1 aromatic rings. The summed E-state index contributed by atoms with van der Waals surface area (Å²) in [6.07, 6.45) is -1.88. The molecule has 0 amide bonds. The predicted molar refractivity (Wildman–Crippen MR) is 64.8 cm³/mol. The van der Waals surface area contributed by atoms with E-state index in [0.29, 0.717) is 0 Å². The number of rotatable bonds is 2. The van der Waals surface area contributed by atoms with Crippen LogP contribution in [-0.4, -0.2) is 31.0 Å². The molecule has 0 bridgehead atoms. The van der Waals surface area contributed by atoms with Gasteiger partial charge in [0.15, 0.2) is 0 Å². The van der Waals surface area contributed by atoms with Gasteiger partial charge in [-0.3, -0.25) is 14.3 Å². The Bertz CT molecular complexity index is 514. The molecule has 0 unspecified atom stereocenters. The van der Waals surface area contributed by atoms with Crippen molar-refractivity contribution in [2.45, 2.75) is 29.0 Å². The summed E-state index contributed by atoms with van der Waals surface area (Å²) in [6, 6.07) is 1.16. The number of aromatic nitrogens is 2. The van der Waals surface area contributed by atoms with Gasteiger partial charge in [0.2, 0.25) is 0 Å². The Kier molecular flexibility index (Phi) is 3.64. The van der Waals surface area contributed by atoms with Gasteiger partial charge in [0, 0.05) is 18.7 Å². The zero-order chi connectivity index (χ0) is 12.6. The van der Waals surface area contributed by atoms with Gasteiger partial charge in [0.05, 0.1) is 0 Å². The largest absolute Gasteiger partial charge is 0.380 e. The van der Waals surface area contributed by atoms with Crippen LogP contribution in [0.15, 0.2) is 21.9 Å². The number of nitrogens with zero attached hydrogens (tertiary/aromatic N) is 1. The Morgan fingerprint density at radius 3 is 2.88 bits per heavy atom. The molecule has 0 radical (unpaired) electrons. The molecular formula is C9H10FIN2O4. The molecule has 0 spiro atoms. The second kappa shape index (κ2) is 4.86. The third kappa shape index (κ3) is 2.58. The van der Waals surface area contributed by atoms with E-state index in [0.717, 1.165) is 10.6 Å². The number of nitrogens with one attached hydrogen (secondary N) is 1. The van der Waals surface area contributed by atoms with Crippen LogP contribution in [0.25, 0.3) is 0 Å². The second-order valence-corrected chi connectivity index (χ2v) is 4.97. The van der Waals surface area contributed by atoms with E-state index >= 15 is 0 Å². The normalized spacial score (nSPS) is 30.4. The molecule has 1 aliphatic heterocycles. The minimum atomic E-state index is -1.34. The van der Waals surface area contributed by atoms with Gasteiger partial charge in [0.1, 0.15) is 22.6 Å². The quantitative estimate of drug-likeness (QED) is 0.573. The summed E-state index contributed by atoms with van der Waals surface area (Å²) in [4.78, 5) is 24.4. The summed E-state index contributed by atoms with van der Waals surface area (Å²) in [5, 5.41) is 9.28. The fraction of sp³-hybridized carbons (Fsp3) is 0.556. The summed E-state index contributed by atoms with van der Waals surface area (Å²) >= 11 is 1.65. The van der Waals surface area contributed by atoms with Crippen LogP contribution in [0.3, 0.4) is 0 Å². The van der Waals surface area contributed by atoms with Crippen molar-refractivity contribution in [3.05, 3.63) is 33.1 Å². The smallest absolute Gasteiger partial charge is 0.330 e. The predicted octanol–water partition coefficient (Wildman–Crippen LogP) is -0.0844.